The molecule has 0 radical (unpaired) electrons. The van der Waals surface area contributed by atoms with Gasteiger partial charge in [-0.1, -0.05) is 18.2 Å². The van der Waals surface area contributed by atoms with Crippen LogP contribution >= 0.6 is 0 Å². The van der Waals surface area contributed by atoms with Crippen LogP contribution in [0.5, 0.6) is 0 Å². The second-order valence-corrected chi connectivity index (χ2v) is 6.20. The van der Waals surface area contributed by atoms with Gasteiger partial charge in [0, 0.05) is 23.7 Å². The summed E-state index contributed by atoms with van der Waals surface area (Å²) in [6.45, 7) is 0. The Labute approximate surface area is 151 Å². The van der Waals surface area contributed by atoms with Gasteiger partial charge in [-0.15, -0.1) is 0 Å². The number of carbonyl (C=O) groups is 3. The SMILES string of the molecule is COC(=O)c1ccc(NC(=O)CC[C@@H]2Cc3ccccc3NC2=O)cc1. The molecule has 0 aliphatic carbocycles. The van der Waals surface area contributed by atoms with Crippen molar-refractivity contribution in [3.05, 3.63) is 59.7 Å². The maximum Gasteiger partial charge on any atom is 0.337 e. The molecule has 6 nitrogen and oxygen atoms in total. The highest BCUT2D eigenvalue weighted by molar-refractivity contribution is 5.97. The second-order valence-electron chi connectivity index (χ2n) is 6.20. The summed E-state index contributed by atoms with van der Waals surface area (Å²) in [6.07, 6.45) is 1.37. The molecule has 1 aliphatic heterocycles. The number of fused-ring (bicyclic) bond motifs is 1. The van der Waals surface area contributed by atoms with Crippen LogP contribution in [-0.4, -0.2) is 24.9 Å². The fourth-order valence-electron chi connectivity index (χ4n) is 2.98. The van der Waals surface area contributed by atoms with E-state index in [2.05, 4.69) is 15.4 Å². The van der Waals surface area contributed by atoms with Crippen molar-refractivity contribution in [1.82, 2.24) is 0 Å². The molecule has 0 spiro atoms. The minimum atomic E-state index is -0.425. The van der Waals surface area contributed by atoms with Gasteiger partial charge in [-0.05, 0) is 48.7 Å². The number of ether oxygens (including phenoxy) is 1. The molecule has 134 valence electrons. The lowest BCUT2D eigenvalue weighted by molar-refractivity contribution is -0.121. The number of methoxy groups -OCH3 is 1. The maximum absolute atomic E-state index is 12.2. The van der Waals surface area contributed by atoms with Crippen molar-refractivity contribution in [3.63, 3.8) is 0 Å². The molecule has 2 aromatic rings. The van der Waals surface area contributed by atoms with Crippen LogP contribution in [0.3, 0.4) is 0 Å². The summed E-state index contributed by atoms with van der Waals surface area (Å²) in [5.74, 6) is -0.842. The summed E-state index contributed by atoms with van der Waals surface area (Å²) in [5.41, 5.74) is 2.96. The van der Waals surface area contributed by atoms with E-state index in [1.807, 2.05) is 24.3 Å². The Bertz CT molecular complexity index is 830. The summed E-state index contributed by atoms with van der Waals surface area (Å²) in [5, 5.41) is 5.67. The summed E-state index contributed by atoms with van der Waals surface area (Å²) < 4.78 is 4.63. The number of nitrogens with one attached hydrogen (secondary N) is 2. The van der Waals surface area contributed by atoms with Crippen molar-refractivity contribution < 1.29 is 19.1 Å². The lowest BCUT2D eigenvalue weighted by Crippen LogP contribution is -2.30. The van der Waals surface area contributed by atoms with E-state index in [-0.39, 0.29) is 24.2 Å². The number of hydrogen-bond donors (Lipinski definition) is 2. The summed E-state index contributed by atoms with van der Waals surface area (Å²) in [6, 6.07) is 14.2. The quantitative estimate of drug-likeness (QED) is 0.810. The molecule has 1 heterocycles. The van der Waals surface area contributed by atoms with Gasteiger partial charge in [0.15, 0.2) is 0 Å². The van der Waals surface area contributed by atoms with Crippen LogP contribution in [0.4, 0.5) is 11.4 Å². The minimum absolute atomic E-state index is 0.0427. The molecule has 0 aromatic heterocycles. The lowest BCUT2D eigenvalue weighted by Gasteiger charge is -2.24. The van der Waals surface area contributed by atoms with Crippen molar-refractivity contribution >= 4 is 29.2 Å². The molecule has 2 aromatic carbocycles. The van der Waals surface area contributed by atoms with Gasteiger partial charge in [0.2, 0.25) is 11.8 Å². The van der Waals surface area contributed by atoms with E-state index in [4.69, 9.17) is 0 Å². The molecule has 3 rings (SSSR count). The fraction of sp³-hybridized carbons (Fsp3) is 0.250. The Morgan fingerprint density at radius 1 is 1.15 bits per heavy atom. The van der Waals surface area contributed by atoms with Crippen molar-refractivity contribution in [2.24, 2.45) is 5.92 Å². The summed E-state index contributed by atoms with van der Waals surface area (Å²) >= 11 is 0. The first-order valence-corrected chi connectivity index (χ1v) is 8.44. The van der Waals surface area contributed by atoms with Gasteiger partial charge in [-0.25, -0.2) is 4.79 Å². The molecule has 1 aliphatic rings. The Morgan fingerprint density at radius 3 is 2.62 bits per heavy atom. The highest BCUT2D eigenvalue weighted by Crippen LogP contribution is 2.27. The zero-order valence-electron chi connectivity index (χ0n) is 14.5. The lowest BCUT2D eigenvalue weighted by atomic mass is 9.89. The molecular weight excluding hydrogens is 332 g/mol. The van der Waals surface area contributed by atoms with Gasteiger partial charge < -0.3 is 15.4 Å². The van der Waals surface area contributed by atoms with Gasteiger partial charge >= 0.3 is 5.97 Å². The predicted octanol–water partition coefficient (Wildman–Crippen LogP) is 3.00. The Morgan fingerprint density at radius 2 is 1.88 bits per heavy atom. The van der Waals surface area contributed by atoms with Crippen LogP contribution in [0.15, 0.2) is 48.5 Å². The highest BCUT2D eigenvalue weighted by atomic mass is 16.5. The van der Waals surface area contributed by atoms with Gasteiger partial charge in [0.05, 0.1) is 12.7 Å². The molecule has 2 amide bonds. The van der Waals surface area contributed by atoms with E-state index in [9.17, 15) is 14.4 Å². The molecule has 0 unspecified atom stereocenters. The molecule has 0 saturated carbocycles. The zero-order chi connectivity index (χ0) is 18.5. The number of hydrogen-bond acceptors (Lipinski definition) is 4. The van der Waals surface area contributed by atoms with Gasteiger partial charge in [-0.3, -0.25) is 9.59 Å². The fourth-order valence-corrected chi connectivity index (χ4v) is 2.98. The van der Waals surface area contributed by atoms with Gasteiger partial charge in [-0.2, -0.15) is 0 Å². The smallest absolute Gasteiger partial charge is 0.337 e. The first-order chi connectivity index (χ1) is 12.6. The van der Waals surface area contributed by atoms with Crippen LogP contribution < -0.4 is 10.6 Å². The number of rotatable bonds is 5. The first kappa shape index (κ1) is 17.7. The van der Waals surface area contributed by atoms with Gasteiger partial charge in [0.25, 0.3) is 0 Å². The molecule has 6 heteroatoms. The zero-order valence-corrected chi connectivity index (χ0v) is 14.5. The number of amides is 2. The van der Waals surface area contributed by atoms with E-state index in [1.54, 1.807) is 24.3 Å². The standard InChI is InChI=1S/C20H20N2O4/c1-26-20(25)13-6-9-16(10-7-13)21-18(23)11-8-15-12-14-4-2-3-5-17(14)22-19(15)24/h2-7,9-10,15H,8,11-12H2,1H3,(H,21,23)(H,22,24)/t15-/m1/s1. The van der Waals surface area contributed by atoms with Crippen LogP contribution in [0.1, 0.15) is 28.8 Å². The second kappa shape index (κ2) is 7.82. The van der Waals surface area contributed by atoms with Gasteiger partial charge in [0.1, 0.15) is 0 Å². The predicted molar refractivity (Wildman–Crippen MR) is 97.9 cm³/mol. The minimum Gasteiger partial charge on any atom is -0.465 e. The number of carbonyl (C=O) groups excluding carboxylic acids is 3. The molecule has 26 heavy (non-hydrogen) atoms. The average Bonchev–Trinajstić information content (AvgIpc) is 2.66. The summed E-state index contributed by atoms with van der Waals surface area (Å²) in [7, 11) is 1.32. The van der Waals surface area contributed by atoms with E-state index < -0.39 is 5.97 Å². The number of anilines is 2. The number of benzene rings is 2. The van der Waals surface area contributed by atoms with Crippen LogP contribution in [-0.2, 0) is 20.7 Å². The number of esters is 1. The Hall–Kier alpha value is -3.15. The van der Waals surface area contributed by atoms with E-state index in [0.717, 1.165) is 11.3 Å². The number of para-hydroxylation sites is 1. The summed E-state index contributed by atoms with van der Waals surface area (Å²) in [4.78, 5) is 35.7. The molecule has 1 atom stereocenters. The maximum atomic E-state index is 12.2. The topological polar surface area (TPSA) is 84.5 Å². The Balaban J connectivity index is 1.53. The molecule has 0 bridgehead atoms. The van der Waals surface area contributed by atoms with E-state index in [1.165, 1.54) is 7.11 Å². The average molecular weight is 352 g/mol. The highest BCUT2D eigenvalue weighted by Gasteiger charge is 2.26. The van der Waals surface area contributed by atoms with Crippen molar-refractivity contribution in [2.45, 2.75) is 19.3 Å². The first-order valence-electron chi connectivity index (χ1n) is 8.44. The molecule has 0 fully saturated rings. The van der Waals surface area contributed by atoms with E-state index >= 15 is 0 Å². The van der Waals surface area contributed by atoms with Crippen molar-refractivity contribution in [1.29, 1.82) is 0 Å². The third-order valence-corrected chi connectivity index (χ3v) is 4.42. The molecular formula is C20H20N2O4. The van der Waals surface area contributed by atoms with Crippen molar-refractivity contribution in [3.8, 4) is 0 Å². The van der Waals surface area contributed by atoms with Crippen LogP contribution in [0, 0.1) is 5.92 Å². The monoisotopic (exact) mass is 352 g/mol. The van der Waals surface area contributed by atoms with E-state index in [0.29, 0.717) is 24.1 Å². The normalized spacial score (nSPS) is 15.6. The van der Waals surface area contributed by atoms with Crippen molar-refractivity contribution in [2.75, 3.05) is 17.7 Å². The van der Waals surface area contributed by atoms with Crippen LogP contribution in [0.25, 0.3) is 0 Å². The third-order valence-electron chi connectivity index (χ3n) is 4.42. The Kier molecular flexibility index (Phi) is 5.31. The largest absolute Gasteiger partial charge is 0.465 e. The third kappa shape index (κ3) is 4.08. The molecule has 0 saturated heterocycles. The molecule has 2 N–H and O–H groups in total. The van der Waals surface area contributed by atoms with Crippen LogP contribution in [0.2, 0.25) is 0 Å².